The van der Waals surface area contributed by atoms with Crippen LogP contribution in [0.25, 0.3) is 66.3 Å². The molecule has 0 N–H and O–H groups in total. The molecular formula is C30H14N4O2. The Labute approximate surface area is 204 Å². The van der Waals surface area contributed by atoms with E-state index in [0.717, 1.165) is 49.6 Å². The molecule has 0 bridgehead atoms. The molecule has 6 heteroatoms. The highest BCUT2D eigenvalue weighted by atomic mass is 16.3. The van der Waals surface area contributed by atoms with Gasteiger partial charge in [0.1, 0.15) is 34.4 Å². The van der Waals surface area contributed by atoms with E-state index in [-0.39, 0.29) is 17.1 Å². The summed E-state index contributed by atoms with van der Waals surface area (Å²) in [7, 11) is 0. The van der Waals surface area contributed by atoms with Gasteiger partial charge in [0.05, 0.1) is 0 Å². The first-order chi connectivity index (χ1) is 17.7. The van der Waals surface area contributed by atoms with Crippen molar-refractivity contribution in [1.29, 1.82) is 10.5 Å². The Kier molecular flexibility index (Phi) is 4.17. The van der Waals surface area contributed by atoms with Gasteiger partial charge in [-0.3, -0.25) is 0 Å². The van der Waals surface area contributed by atoms with Crippen molar-refractivity contribution in [2.45, 2.75) is 0 Å². The number of furan rings is 2. The van der Waals surface area contributed by atoms with Gasteiger partial charge in [-0.15, -0.1) is 0 Å². The average Bonchev–Trinajstić information content (AvgIpc) is 3.49. The van der Waals surface area contributed by atoms with E-state index in [4.69, 9.17) is 8.83 Å². The Morgan fingerprint density at radius 2 is 1.14 bits per heavy atom. The SMILES string of the molecule is N#Cc1nc(C#N)c2oc3ccc(-c4ccc5oc6ccc(-c7ccccc7)cc6c5c4)cc3c2n1. The van der Waals surface area contributed by atoms with Crippen molar-refractivity contribution in [1.82, 2.24) is 9.97 Å². The van der Waals surface area contributed by atoms with Gasteiger partial charge in [-0.05, 0) is 58.7 Å². The molecule has 7 aromatic rings. The van der Waals surface area contributed by atoms with Crippen LogP contribution in [0.15, 0.2) is 93.8 Å². The molecule has 0 aliphatic carbocycles. The van der Waals surface area contributed by atoms with E-state index in [1.165, 1.54) is 0 Å². The molecule has 0 fully saturated rings. The Bertz CT molecular complexity index is 2070. The second-order valence-electron chi connectivity index (χ2n) is 8.50. The van der Waals surface area contributed by atoms with Crippen LogP contribution in [0.3, 0.4) is 0 Å². The first-order valence-electron chi connectivity index (χ1n) is 11.3. The number of hydrogen-bond donors (Lipinski definition) is 0. The van der Waals surface area contributed by atoms with Crippen molar-refractivity contribution < 1.29 is 8.83 Å². The lowest BCUT2D eigenvalue weighted by atomic mass is 9.99. The van der Waals surface area contributed by atoms with Crippen LogP contribution in [-0.4, -0.2) is 9.97 Å². The number of nitrogens with zero attached hydrogens (tertiary/aromatic N) is 4. The number of fused-ring (bicyclic) bond motifs is 6. The summed E-state index contributed by atoms with van der Waals surface area (Å²) in [6, 6.07) is 32.3. The van der Waals surface area contributed by atoms with E-state index >= 15 is 0 Å². The van der Waals surface area contributed by atoms with Crippen LogP contribution < -0.4 is 0 Å². The molecule has 6 nitrogen and oxygen atoms in total. The lowest BCUT2D eigenvalue weighted by Crippen LogP contribution is -1.92. The summed E-state index contributed by atoms with van der Waals surface area (Å²) in [4.78, 5) is 8.28. The molecule has 36 heavy (non-hydrogen) atoms. The lowest BCUT2D eigenvalue weighted by molar-refractivity contribution is 0.663. The Balaban J connectivity index is 1.42. The van der Waals surface area contributed by atoms with Gasteiger partial charge in [-0.25, -0.2) is 9.97 Å². The molecule has 166 valence electrons. The summed E-state index contributed by atoms with van der Waals surface area (Å²) < 4.78 is 12.0. The Morgan fingerprint density at radius 3 is 1.75 bits per heavy atom. The molecule has 0 unspecified atom stereocenters. The van der Waals surface area contributed by atoms with Gasteiger partial charge in [0.15, 0.2) is 11.3 Å². The highest BCUT2D eigenvalue weighted by Crippen LogP contribution is 2.37. The maximum atomic E-state index is 9.45. The van der Waals surface area contributed by atoms with Gasteiger partial charge < -0.3 is 8.83 Å². The van der Waals surface area contributed by atoms with Crippen molar-refractivity contribution in [2.24, 2.45) is 0 Å². The smallest absolute Gasteiger partial charge is 0.234 e. The summed E-state index contributed by atoms with van der Waals surface area (Å²) >= 11 is 0. The summed E-state index contributed by atoms with van der Waals surface area (Å²) in [5, 5.41) is 21.5. The van der Waals surface area contributed by atoms with Gasteiger partial charge in [0.2, 0.25) is 5.82 Å². The molecule has 3 aromatic heterocycles. The second kappa shape index (κ2) is 7.53. The zero-order valence-electron chi connectivity index (χ0n) is 18.7. The quantitative estimate of drug-likeness (QED) is 0.266. The highest BCUT2D eigenvalue weighted by molar-refractivity contribution is 6.09. The molecule has 0 aliphatic rings. The minimum atomic E-state index is -0.0624. The van der Waals surface area contributed by atoms with E-state index in [9.17, 15) is 10.5 Å². The monoisotopic (exact) mass is 462 g/mol. The third kappa shape index (κ3) is 2.96. The van der Waals surface area contributed by atoms with Crippen LogP contribution in [-0.2, 0) is 0 Å². The van der Waals surface area contributed by atoms with Crippen LogP contribution in [0.2, 0.25) is 0 Å². The highest BCUT2D eigenvalue weighted by Gasteiger charge is 2.17. The fourth-order valence-electron chi connectivity index (χ4n) is 4.72. The number of nitriles is 2. The van der Waals surface area contributed by atoms with E-state index in [0.29, 0.717) is 11.1 Å². The first kappa shape index (κ1) is 20.0. The van der Waals surface area contributed by atoms with Gasteiger partial charge in [-0.1, -0.05) is 48.5 Å². The number of benzene rings is 4. The fourth-order valence-corrected chi connectivity index (χ4v) is 4.72. The van der Waals surface area contributed by atoms with Crippen LogP contribution in [0.1, 0.15) is 11.5 Å². The molecule has 4 aromatic carbocycles. The second-order valence-corrected chi connectivity index (χ2v) is 8.50. The summed E-state index contributed by atoms with van der Waals surface area (Å²) in [6.07, 6.45) is 0. The maximum Gasteiger partial charge on any atom is 0.234 e. The Morgan fingerprint density at radius 1 is 0.556 bits per heavy atom. The predicted molar refractivity (Wildman–Crippen MR) is 137 cm³/mol. The first-order valence-corrected chi connectivity index (χ1v) is 11.3. The van der Waals surface area contributed by atoms with Crippen LogP contribution in [0.5, 0.6) is 0 Å². The molecule has 0 atom stereocenters. The molecule has 0 aliphatic heterocycles. The van der Waals surface area contributed by atoms with E-state index < -0.39 is 0 Å². The van der Waals surface area contributed by atoms with Crippen LogP contribution in [0, 0.1) is 22.7 Å². The van der Waals surface area contributed by atoms with Crippen LogP contribution >= 0.6 is 0 Å². The molecule has 0 amide bonds. The average molecular weight is 462 g/mol. The summed E-state index contributed by atoms with van der Waals surface area (Å²) in [5.74, 6) is -0.0624. The third-order valence-corrected chi connectivity index (χ3v) is 6.43. The van der Waals surface area contributed by atoms with Gasteiger partial charge in [0, 0.05) is 16.2 Å². The van der Waals surface area contributed by atoms with E-state index in [2.05, 4.69) is 40.3 Å². The van der Waals surface area contributed by atoms with Gasteiger partial charge in [-0.2, -0.15) is 10.5 Å². The fraction of sp³-hybridized carbons (Fsp3) is 0. The number of hydrogen-bond acceptors (Lipinski definition) is 6. The molecular weight excluding hydrogens is 448 g/mol. The minimum Gasteiger partial charge on any atom is -0.456 e. The molecule has 0 saturated heterocycles. The third-order valence-electron chi connectivity index (χ3n) is 6.43. The molecule has 0 saturated carbocycles. The normalized spacial score (nSPS) is 11.3. The zero-order valence-corrected chi connectivity index (χ0v) is 18.7. The Hall–Kier alpha value is -5.46. The summed E-state index contributed by atoms with van der Waals surface area (Å²) in [5.41, 5.74) is 7.26. The van der Waals surface area contributed by atoms with Crippen molar-refractivity contribution in [2.75, 3.05) is 0 Å². The standard InChI is InChI=1S/C30H14N4O2/c31-15-24-30-29(34-28(16-32)33-24)23-14-20(8-11-27(23)36-30)19-7-10-26-22(13-19)21-12-18(6-9-25(21)35-26)17-4-2-1-3-5-17/h1-14H. The van der Waals surface area contributed by atoms with Crippen molar-refractivity contribution in [3.63, 3.8) is 0 Å². The van der Waals surface area contributed by atoms with Crippen molar-refractivity contribution >= 4 is 44.0 Å². The molecule has 0 spiro atoms. The van der Waals surface area contributed by atoms with Gasteiger partial charge >= 0.3 is 0 Å². The molecule has 3 heterocycles. The van der Waals surface area contributed by atoms with E-state index in [1.54, 1.807) is 0 Å². The lowest BCUT2D eigenvalue weighted by Gasteiger charge is -2.03. The zero-order chi connectivity index (χ0) is 24.2. The number of aromatic nitrogens is 2. The molecule has 7 rings (SSSR count). The van der Waals surface area contributed by atoms with E-state index in [1.807, 2.05) is 66.7 Å². The molecule has 0 radical (unpaired) electrons. The largest absolute Gasteiger partial charge is 0.456 e. The predicted octanol–water partition coefficient (Wildman–Crippen LogP) is 7.35. The summed E-state index contributed by atoms with van der Waals surface area (Å²) in [6.45, 7) is 0. The van der Waals surface area contributed by atoms with Crippen molar-refractivity contribution in [3.8, 4) is 34.4 Å². The number of rotatable bonds is 2. The van der Waals surface area contributed by atoms with Crippen LogP contribution in [0.4, 0.5) is 0 Å². The van der Waals surface area contributed by atoms with Crippen molar-refractivity contribution in [3.05, 3.63) is 96.4 Å². The van der Waals surface area contributed by atoms with Gasteiger partial charge in [0.25, 0.3) is 0 Å². The maximum absolute atomic E-state index is 9.45. The topological polar surface area (TPSA) is 99.6 Å². The minimum absolute atomic E-state index is 0.0507.